The van der Waals surface area contributed by atoms with Crippen LogP contribution in [0.2, 0.25) is 5.02 Å². The molecule has 0 saturated heterocycles. The Bertz CT molecular complexity index is 851. The Kier molecular flexibility index (Phi) is 6.35. The van der Waals surface area contributed by atoms with Gasteiger partial charge in [-0.25, -0.2) is 0 Å². The fourth-order valence-electron chi connectivity index (χ4n) is 3.09. The highest BCUT2D eigenvalue weighted by molar-refractivity contribution is 6.34. The van der Waals surface area contributed by atoms with Crippen molar-refractivity contribution in [2.45, 2.75) is 32.6 Å². The van der Waals surface area contributed by atoms with Crippen molar-refractivity contribution < 1.29 is 14.3 Å². The van der Waals surface area contributed by atoms with Crippen LogP contribution in [0.4, 0.5) is 5.69 Å². The Balaban J connectivity index is 1.54. The van der Waals surface area contributed by atoms with Gasteiger partial charge in [-0.05, 0) is 67.1 Å². The van der Waals surface area contributed by atoms with Crippen molar-refractivity contribution in [2.24, 2.45) is 0 Å². The summed E-state index contributed by atoms with van der Waals surface area (Å²) >= 11 is 6.17. The summed E-state index contributed by atoms with van der Waals surface area (Å²) in [5.74, 6) is 0.196. The fourth-order valence-corrected chi connectivity index (χ4v) is 3.36. The zero-order valence-electron chi connectivity index (χ0n) is 15.3. The molecule has 0 spiro atoms. The van der Waals surface area contributed by atoms with Crippen LogP contribution >= 0.6 is 11.6 Å². The lowest BCUT2D eigenvalue weighted by Crippen LogP contribution is -2.24. The maximum Gasteiger partial charge on any atom is 0.262 e. The standard InChI is InChI=1S/C21H23ClN2O3/c1-2-10-23-21(26)18-9-7-16(12-19(18)22)24-20(25)13-27-17-8-6-14-4-3-5-15(14)11-17/h6-9,11-12H,2-5,10,13H2,1H3,(H,23,26)(H,24,25). The third-order valence-electron chi connectivity index (χ3n) is 4.47. The van der Waals surface area contributed by atoms with Crippen LogP contribution in [0.1, 0.15) is 41.3 Å². The van der Waals surface area contributed by atoms with E-state index in [-0.39, 0.29) is 18.4 Å². The van der Waals surface area contributed by atoms with Gasteiger partial charge in [0.25, 0.3) is 11.8 Å². The Morgan fingerprint density at radius 1 is 1.11 bits per heavy atom. The molecular formula is C21H23ClN2O3. The van der Waals surface area contributed by atoms with E-state index in [4.69, 9.17) is 16.3 Å². The van der Waals surface area contributed by atoms with Crippen molar-refractivity contribution in [1.82, 2.24) is 5.32 Å². The minimum Gasteiger partial charge on any atom is -0.484 e. The first-order valence-electron chi connectivity index (χ1n) is 9.19. The first-order valence-corrected chi connectivity index (χ1v) is 9.57. The van der Waals surface area contributed by atoms with Gasteiger partial charge < -0.3 is 15.4 Å². The van der Waals surface area contributed by atoms with Crippen molar-refractivity contribution >= 4 is 29.1 Å². The lowest BCUT2D eigenvalue weighted by atomic mass is 10.1. The Hall–Kier alpha value is -2.53. The van der Waals surface area contributed by atoms with Crippen LogP contribution in [0.5, 0.6) is 5.75 Å². The SMILES string of the molecule is CCCNC(=O)c1ccc(NC(=O)COc2ccc3c(c2)CCC3)cc1Cl. The molecule has 5 nitrogen and oxygen atoms in total. The molecule has 1 aliphatic rings. The molecule has 0 atom stereocenters. The number of amides is 2. The van der Waals surface area contributed by atoms with E-state index in [1.165, 1.54) is 17.5 Å². The van der Waals surface area contributed by atoms with Gasteiger partial charge in [-0.3, -0.25) is 9.59 Å². The van der Waals surface area contributed by atoms with Crippen molar-refractivity contribution in [2.75, 3.05) is 18.5 Å². The number of hydrogen-bond donors (Lipinski definition) is 2. The molecule has 3 rings (SSSR count). The zero-order chi connectivity index (χ0) is 19.2. The molecule has 0 aliphatic heterocycles. The number of ether oxygens (including phenoxy) is 1. The van der Waals surface area contributed by atoms with E-state index in [1.807, 2.05) is 19.1 Å². The molecular weight excluding hydrogens is 364 g/mol. The first-order chi connectivity index (χ1) is 13.1. The highest BCUT2D eigenvalue weighted by Gasteiger charge is 2.13. The number of halogens is 1. The lowest BCUT2D eigenvalue weighted by Gasteiger charge is -2.10. The molecule has 0 radical (unpaired) electrons. The summed E-state index contributed by atoms with van der Waals surface area (Å²) < 4.78 is 5.59. The second-order valence-electron chi connectivity index (χ2n) is 6.57. The van der Waals surface area contributed by atoms with Crippen LogP contribution < -0.4 is 15.4 Å². The molecule has 2 amide bonds. The molecule has 142 valence electrons. The third kappa shape index (κ3) is 5.01. The summed E-state index contributed by atoms with van der Waals surface area (Å²) in [6, 6.07) is 10.8. The van der Waals surface area contributed by atoms with E-state index >= 15 is 0 Å². The largest absolute Gasteiger partial charge is 0.484 e. The average Bonchev–Trinajstić information content (AvgIpc) is 3.12. The Labute approximate surface area is 164 Å². The average molecular weight is 387 g/mol. The molecule has 0 saturated carbocycles. The molecule has 27 heavy (non-hydrogen) atoms. The highest BCUT2D eigenvalue weighted by Crippen LogP contribution is 2.26. The lowest BCUT2D eigenvalue weighted by molar-refractivity contribution is -0.118. The van der Waals surface area contributed by atoms with Crippen LogP contribution in [-0.2, 0) is 17.6 Å². The summed E-state index contributed by atoms with van der Waals surface area (Å²) in [6.07, 6.45) is 4.20. The molecule has 0 bridgehead atoms. The van der Waals surface area contributed by atoms with Crippen LogP contribution in [0.25, 0.3) is 0 Å². The summed E-state index contributed by atoms with van der Waals surface area (Å²) in [6.45, 7) is 2.48. The predicted molar refractivity (Wildman–Crippen MR) is 107 cm³/mol. The van der Waals surface area contributed by atoms with E-state index < -0.39 is 0 Å². The quantitative estimate of drug-likeness (QED) is 0.756. The van der Waals surface area contributed by atoms with Gasteiger partial charge in [-0.15, -0.1) is 0 Å². The van der Waals surface area contributed by atoms with Crippen molar-refractivity contribution in [3.8, 4) is 5.75 Å². The predicted octanol–water partition coefficient (Wildman–Crippen LogP) is 3.99. The van der Waals surface area contributed by atoms with E-state index in [0.717, 1.165) is 19.3 Å². The highest BCUT2D eigenvalue weighted by atomic mass is 35.5. The number of aryl methyl sites for hydroxylation is 2. The number of rotatable bonds is 7. The molecule has 0 fully saturated rings. The Morgan fingerprint density at radius 3 is 2.70 bits per heavy atom. The fraction of sp³-hybridized carbons (Fsp3) is 0.333. The van der Waals surface area contributed by atoms with E-state index in [2.05, 4.69) is 16.7 Å². The van der Waals surface area contributed by atoms with E-state index in [0.29, 0.717) is 28.6 Å². The molecule has 0 unspecified atom stereocenters. The molecule has 0 heterocycles. The number of carbonyl (C=O) groups is 2. The van der Waals surface area contributed by atoms with Gasteiger partial charge in [-0.2, -0.15) is 0 Å². The number of nitrogens with one attached hydrogen (secondary N) is 2. The minimum absolute atomic E-state index is 0.0882. The maximum atomic E-state index is 12.1. The molecule has 2 aromatic rings. The van der Waals surface area contributed by atoms with Crippen molar-refractivity contribution in [3.63, 3.8) is 0 Å². The monoisotopic (exact) mass is 386 g/mol. The summed E-state index contributed by atoms with van der Waals surface area (Å²) in [5.41, 5.74) is 3.58. The maximum absolute atomic E-state index is 12.1. The normalized spacial score (nSPS) is 12.4. The molecule has 6 heteroatoms. The first kappa shape index (κ1) is 19.2. The summed E-state index contributed by atoms with van der Waals surface area (Å²) in [5, 5.41) is 5.80. The van der Waals surface area contributed by atoms with E-state index in [1.54, 1.807) is 18.2 Å². The van der Waals surface area contributed by atoms with Gasteiger partial charge in [-0.1, -0.05) is 24.6 Å². The minimum atomic E-state index is -0.283. The van der Waals surface area contributed by atoms with Crippen LogP contribution in [0.15, 0.2) is 36.4 Å². The third-order valence-corrected chi connectivity index (χ3v) is 4.79. The van der Waals surface area contributed by atoms with Gasteiger partial charge in [0, 0.05) is 12.2 Å². The molecule has 1 aliphatic carbocycles. The van der Waals surface area contributed by atoms with Crippen molar-refractivity contribution in [3.05, 3.63) is 58.1 Å². The van der Waals surface area contributed by atoms with Crippen LogP contribution in [-0.4, -0.2) is 25.0 Å². The van der Waals surface area contributed by atoms with E-state index in [9.17, 15) is 9.59 Å². The molecule has 0 aromatic heterocycles. The summed E-state index contributed by atoms with van der Waals surface area (Å²) in [7, 11) is 0. The van der Waals surface area contributed by atoms with Gasteiger partial charge in [0.2, 0.25) is 0 Å². The smallest absolute Gasteiger partial charge is 0.262 e. The second kappa shape index (κ2) is 8.91. The zero-order valence-corrected chi connectivity index (χ0v) is 16.1. The topological polar surface area (TPSA) is 67.4 Å². The Morgan fingerprint density at radius 2 is 1.93 bits per heavy atom. The number of anilines is 1. The van der Waals surface area contributed by atoms with Gasteiger partial charge in [0.1, 0.15) is 5.75 Å². The van der Waals surface area contributed by atoms with Gasteiger partial charge >= 0.3 is 0 Å². The van der Waals surface area contributed by atoms with Crippen LogP contribution in [0, 0.1) is 0 Å². The van der Waals surface area contributed by atoms with Gasteiger partial charge in [0.15, 0.2) is 6.61 Å². The van der Waals surface area contributed by atoms with Crippen LogP contribution in [0.3, 0.4) is 0 Å². The second-order valence-corrected chi connectivity index (χ2v) is 6.98. The molecule has 2 N–H and O–H groups in total. The number of carbonyl (C=O) groups excluding carboxylic acids is 2. The molecule has 2 aromatic carbocycles. The van der Waals surface area contributed by atoms with Gasteiger partial charge in [0.05, 0.1) is 10.6 Å². The number of hydrogen-bond acceptors (Lipinski definition) is 3. The summed E-state index contributed by atoms with van der Waals surface area (Å²) in [4.78, 5) is 24.1. The van der Waals surface area contributed by atoms with Crippen molar-refractivity contribution in [1.29, 1.82) is 0 Å². The number of fused-ring (bicyclic) bond motifs is 1. The number of benzene rings is 2.